The Balaban J connectivity index is 1.55. The lowest BCUT2D eigenvalue weighted by atomic mass is 10.1. The first kappa shape index (κ1) is 16.4. The predicted octanol–water partition coefficient (Wildman–Crippen LogP) is 4.83. The molecule has 0 aliphatic carbocycles. The zero-order valence-electron chi connectivity index (χ0n) is 13.9. The molecule has 0 fully saturated rings. The van der Waals surface area contributed by atoms with Gasteiger partial charge in [-0.05, 0) is 41.1 Å². The Kier molecular flexibility index (Phi) is 4.41. The first-order chi connectivity index (χ1) is 12.7. The van der Waals surface area contributed by atoms with Gasteiger partial charge in [0.25, 0.3) is 5.22 Å². The number of benzene rings is 3. The van der Waals surface area contributed by atoms with Crippen molar-refractivity contribution in [3.63, 3.8) is 0 Å². The molecule has 0 aliphatic rings. The number of nitrogens with zero attached hydrogens (tertiary/aromatic N) is 2. The zero-order valence-corrected chi connectivity index (χ0v) is 14.7. The summed E-state index contributed by atoms with van der Waals surface area (Å²) in [5.74, 6) is 1.04. The smallest absolute Gasteiger partial charge is 0.284 e. The fourth-order valence-corrected chi connectivity index (χ4v) is 3.18. The van der Waals surface area contributed by atoms with Gasteiger partial charge in [0.2, 0.25) is 11.0 Å². The summed E-state index contributed by atoms with van der Waals surface area (Å²) in [7, 11) is 1.59. The van der Waals surface area contributed by atoms with Crippen molar-refractivity contribution in [2.24, 2.45) is 0 Å². The van der Waals surface area contributed by atoms with Crippen LogP contribution in [0.4, 0.5) is 0 Å². The second-order valence-corrected chi connectivity index (χ2v) is 6.48. The molecule has 0 atom stereocenters. The summed E-state index contributed by atoms with van der Waals surface area (Å²) in [6.07, 6.45) is 0. The molecule has 26 heavy (non-hydrogen) atoms. The van der Waals surface area contributed by atoms with Gasteiger partial charge in [0.1, 0.15) is 5.75 Å². The quantitative estimate of drug-likeness (QED) is 0.485. The number of methoxy groups -OCH3 is 1. The van der Waals surface area contributed by atoms with Gasteiger partial charge in [0.05, 0.1) is 7.11 Å². The summed E-state index contributed by atoms with van der Waals surface area (Å²) in [4.78, 5) is 12.5. The Hall–Kier alpha value is -3.12. The SMILES string of the molecule is COc1cccc(-c2nnc(SC(=O)c3ccc4ccccc4c3)o2)c1. The molecule has 4 rings (SSSR count). The highest BCUT2D eigenvalue weighted by Crippen LogP contribution is 2.28. The van der Waals surface area contributed by atoms with Crippen LogP contribution in [-0.4, -0.2) is 22.4 Å². The average Bonchev–Trinajstić information content (AvgIpc) is 3.16. The van der Waals surface area contributed by atoms with Crippen molar-refractivity contribution < 1.29 is 13.9 Å². The van der Waals surface area contributed by atoms with Crippen molar-refractivity contribution in [1.82, 2.24) is 10.2 Å². The number of hydrogen-bond donors (Lipinski definition) is 0. The van der Waals surface area contributed by atoms with Crippen molar-refractivity contribution in [3.8, 4) is 17.2 Å². The maximum Gasteiger partial charge on any atom is 0.284 e. The topological polar surface area (TPSA) is 65.2 Å². The van der Waals surface area contributed by atoms with E-state index in [-0.39, 0.29) is 10.3 Å². The normalized spacial score (nSPS) is 10.8. The summed E-state index contributed by atoms with van der Waals surface area (Å²) in [6.45, 7) is 0. The maximum absolute atomic E-state index is 12.5. The van der Waals surface area contributed by atoms with E-state index in [0.29, 0.717) is 17.2 Å². The van der Waals surface area contributed by atoms with Crippen LogP contribution in [0, 0.1) is 0 Å². The van der Waals surface area contributed by atoms with Crippen LogP contribution in [0.15, 0.2) is 76.4 Å². The number of aromatic nitrogens is 2. The van der Waals surface area contributed by atoms with E-state index < -0.39 is 0 Å². The van der Waals surface area contributed by atoms with Crippen LogP contribution < -0.4 is 4.74 Å². The molecule has 3 aromatic carbocycles. The molecule has 5 nitrogen and oxygen atoms in total. The third-order valence-electron chi connectivity index (χ3n) is 3.89. The van der Waals surface area contributed by atoms with Crippen LogP contribution >= 0.6 is 11.8 Å². The second kappa shape index (κ2) is 7.01. The van der Waals surface area contributed by atoms with E-state index in [1.54, 1.807) is 19.2 Å². The maximum atomic E-state index is 12.5. The van der Waals surface area contributed by atoms with Crippen LogP contribution in [0.25, 0.3) is 22.2 Å². The predicted molar refractivity (Wildman–Crippen MR) is 100 cm³/mol. The van der Waals surface area contributed by atoms with Crippen LogP contribution in [0.1, 0.15) is 10.4 Å². The lowest BCUT2D eigenvalue weighted by Crippen LogP contribution is -1.93. The average molecular weight is 362 g/mol. The molecule has 0 aliphatic heterocycles. The number of carbonyl (C=O) groups is 1. The van der Waals surface area contributed by atoms with Crippen molar-refractivity contribution in [2.45, 2.75) is 5.22 Å². The van der Waals surface area contributed by atoms with Gasteiger partial charge in [-0.2, -0.15) is 0 Å². The van der Waals surface area contributed by atoms with Crippen LogP contribution in [0.2, 0.25) is 0 Å². The highest BCUT2D eigenvalue weighted by molar-refractivity contribution is 8.14. The van der Waals surface area contributed by atoms with Gasteiger partial charge in [-0.15, -0.1) is 10.2 Å². The summed E-state index contributed by atoms with van der Waals surface area (Å²) in [5.41, 5.74) is 1.33. The third-order valence-corrected chi connectivity index (χ3v) is 4.65. The van der Waals surface area contributed by atoms with Crippen molar-refractivity contribution in [2.75, 3.05) is 7.11 Å². The van der Waals surface area contributed by atoms with E-state index in [9.17, 15) is 4.79 Å². The molecule has 0 spiro atoms. The molecule has 0 saturated carbocycles. The van der Waals surface area contributed by atoms with Crippen LogP contribution in [0.3, 0.4) is 0 Å². The highest BCUT2D eigenvalue weighted by Gasteiger charge is 2.15. The van der Waals surface area contributed by atoms with E-state index in [2.05, 4.69) is 10.2 Å². The minimum atomic E-state index is -0.142. The Bertz CT molecular complexity index is 1090. The van der Waals surface area contributed by atoms with Gasteiger partial charge in [-0.3, -0.25) is 4.79 Å². The largest absolute Gasteiger partial charge is 0.497 e. The van der Waals surface area contributed by atoms with E-state index in [0.717, 1.165) is 28.1 Å². The summed E-state index contributed by atoms with van der Waals surface area (Å²) in [6, 6.07) is 20.8. The van der Waals surface area contributed by atoms with Crippen LogP contribution in [0.5, 0.6) is 5.75 Å². The number of fused-ring (bicyclic) bond motifs is 1. The van der Waals surface area contributed by atoms with Gasteiger partial charge in [0.15, 0.2) is 0 Å². The van der Waals surface area contributed by atoms with E-state index in [1.165, 1.54) is 0 Å². The van der Waals surface area contributed by atoms with Gasteiger partial charge < -0.3 is 9.15 Å². The van der Waals surface area contributed by atoms with E-state index in [1.807, 2.05) is 54.6 Å². The van der Waals surface area contributed by atoms with Crippen molar-refractivity contribution >= 4 is 27.6 Å². The Morgan fingerprint density at radius 2 is 1.81 bits per heavy atom. The molecule has 4 aromatic rings. The first-order valence-corrected chi connectivity index (χ1v) is 8.73. The number of carbonyl (C=O) groups excluding carboxylic acids is 1. The molecule has 0 N–H and O–H groups in total. The number of rotatable bonds is 4. The standard InChI is InChI=1S/C20H14N2O3S/c1-24-17-8-4-7-15(12-17)18-21-22-20(25-18)26-19(23)16-10-9-13-5-2-3-6-14(13)11-16/h2-12H,1H3. The lowest BCUT2D eigenvalue weighted by Gasteiger charge is -2.01. The van der Waals surface area contributed by atoms with Gasteiger partial charge in [0, 0.05) is 22.9 Å². The number of hydrogen-bond acceptors (Lipinski definition) is 6. The molecule has 0 radical (unpaired) electrons. The molecule has 128 valence electrons. The molecule has 0 bridgehead atoms. The highest BCUT2D eigenvalue weighted by atomic mass is 32.2. The fraction of sp³-hybridized carbons (Fsp3) is 0.0500. The molecular formula is C20H14N2O3S. The molecule has 1 heterocycles. The minimum absolute atomic E-state index is 0.142. The molecule has 1 aromatic heterocycles. The summed E-state index contributed by atoms with van der Waals surface area (Å²) >= 11 is 0.920. The fourth-order valence-electron chi connectivity index (χ4n) is 2.58. The summed E-state index contributed by atoms with van der Waals surface area (Å²) < 4.78 is 10.8. The van der Waals surface area contributed by atoms with E-state index >= 15 is 0 Å². The zero-order chi connectivity index (χ0) is 17.9. The lowest BCUT2D eigenvalue weighted by molar-refractivity contribution is 0.108. The molecule has 0 amide bonds. The molecule has 0 unspecified atom stereocenters. The van der Waals surface area contributed by atoms with Gasteiger partial charge in [-0.1, -0.05) is 36.4 Å². The Labute approximate surface area is 154 Å². The Morgan fingerprint density at radius 3 is 2.65 bits per heavy atom. The first-order valence-electron chi connectivity index (χ1n) is 7.92. The number of thioether (sulfide) groups is 1. The van der Waals surface area contributed by atoms with Crippen LogP contribution in [-0.2, 0) is 0 Å². The van der Waals surface area contributed by atoms with E-state index in [4.69, 9.17) is 9.15 Å². The number of ether oxygens (including phenoxy) is 1. The van der Waals surface area contributed by atoms with Gasteiger partial charge >= 0.3 is 0 Å². The second-order valence-electron chi connectivity index (χ2n) is 5.56. The molecule has 6 heteroatoms. The monoisotopic (exact) mass is 362 g/mol. The van der Waals surface area contributed by atoms with Gasteiger partial charge in [-0.25, -0.2) is 0 Å². The van der Waals surface area contributed by atoms with Crippen molar-refractivity contribution in [1.29, 1.82) is 0 Å². The molecular weight excluding hydrogens is 348 g/mol. The minimum Gasteiger partial charge on any atom is -0.497 e. The summed E-state index contributed by atoms with van der Waals surface area (Å²) in [5, 5.41) is 10.1. The molecule has 0 saturated heterocycles. The Morgan fingerprint density at radius 1 is 0.962 bits per heavy atom. The van der Waals surface area contributed by atoms with Crippen molar-refractivity contribution in [3.05, 3.63) is 72.3 Å². The third kappa shape index (κ3) is 3.32.